The summed E-state index contributed by atoms with van der Waals surface area (Å²) in [5, 5.41) is 11.2. The van der Waals surface area contributed by atoms with Crippen LogP contribution in [0, 0.1) is 0 Å². The minimum Gasteiger partial charge on any atom is -0.394 e. The average molecular weight is 221 g/mol. The smallest absolute Gasteiger partial charge is 0.207 e. The van der Waals surface area contributed by atoms with Gasteiger partial charge in [0.1, 0.15) is 0 Å². The standard InChI is InChI=1S/C9H19NO5/c1-13-2-3-14-4-5-15-7-9(6-11)10-8-12/h8-9,11H,2-7H2,1H3,(H,10,12). The summed E-state index contributed by atoms with van der Waals surface area (Å²) in [6.45, 7) is 2.15. The molecule has 0 radical (unpaired) electrons. The van der Waals surface area contributed by atoms with E-state index in [1.54, 1.807) is 7.11 Å². The molecule has 0 aliphatic rings. The third-order valence-corrected chi connectivity index (χ3v) is 1.65. The van der Waals surface area contributed by atoms with E-state index in [-0.39, 0.29) is 19.3 Å². The third-order valence-electron chi connectivity index (χ3n) is 1.65. The largest absolute Gasteiger partial charge is 0.394 e. The van der Waals surface area contributed by atoms with E-state index in [4.69, 9.17) is 19.3 Å². The number of methoxy groups -OCH3 is 1. The maximum absolute atomic E-state index is 10.1. The van der Waals surface area contributed by atoms with Gasteiger partial charge in [-0.15, -0.1) is 0 Å². The van der Waals surface area contributed by atoms with Gasteiger partial charge >= 0.3 is 0 Å². The van der Waals surface area contributed by atoms with E-state index in [0.29, 0.717) is 32.8 Å². The van der Waals surface area contributed by atoms with Gasteiger partial charge in [0.25, 0.3) is 0 Å². The summed E-state index contributed by atoms with van der Waals surface area (Å²) in [6, 6.07) is -0.346. The van der Waals surface area contributed by atoms with Crippen molar-refractivity contribution in [3.63, 3.8) is 0 Å². The number of amides is 1. The summed E-state index contributed by atoms with van der Waals surface area (Å²) in [4.78, 5) is 10.1. The first kappa shape index (κ1) is 14.3. The summed E-state index contributed by atoms with van der Waals surface area (Å²) in [5.74, 6) is 0. The number of ether oxygens (including phenoxy) is 3. The van der Waals surface area contributed by atoms with E-state index >= 15 is 0 Å². The van der Waals surface area contributed by atoms with Crippen molar-refractivity contribution in [1.29, 1.82) is 0 Å². The number of carbonyl (C=O) groups excluding carboxylic acids is 1. The molecule has 0 rings (SSSR count). The Morgan fingerprint density at radius 3 is 2.53 bits per heavy atom. The van der Waals surface area contributed by atoms with E-state index in [2.05, 4.69) is 5.32 Å². The van der Waals surface area contributed by atoms with Gasteiger partial charge in [0, 0.05) is 7.11 Å². The number of aliphatic hydroxyl groups excluding tert-OH is 1. The molecule has 15 heavy (non-hydrogen) atoms. The normalized spacial score (nSPS) is 12.4. The van der Waals surface area contributed by atoms with E-state index in [1.165, 1.54) is 0 Å². The fraction of sp³-hybridized carbons (Fsp3) is 0.889. The molecule has 2 N–H and O–H groups in total. The Bertz CT molecular complexity index is 144. The van der Waals surface area contributed by atoms with Gasteiger partial charge in [0.05, 0.1) is 45.7 Å². The first-order valence-corrected chi connectivity index (χ1v) is 4.80. The van der Waals surface area contributed by atoms with Crippen molar-refractivity contribution in [2.75, 3.05) is 46.8 Å². The topological polar surface area (TPSA) is 77.0 Å². The highest BCUT2D eigenvalue weighted by Gasteiger charge is 2.04. The zero-order valence-electron chi connectivity index (χ0n) is 8.98. The van der Waals surface area contributed by atoms with Gasteiger partial charge in [-0.1, -0.05) is 0 Å². The lowest BCUT2D eigenvalue weighted by Crippen LogP contribution is -2.36. The Balaban J connectivity index is 3.17. The molecule has 0 saturated heterocycles. The summed E-state index contributed by atoms with van der Waals surface area (Å²) in [6.07, 6.45) is 0.541. The maximum Gasteiger partial charge on any atom is 0.207 e. The number of rotatable bonds is 11. The highest BCUT2D eigenvalue weighted by molar-refractivity contribution is 5.46. The zero-order valence-corrected chi connectivity index (χ0v) is 8.98. The van der Waals surface area contributed by atoms with Crippen molar-refractivity contribution >= 4 is 6.41 Å². The highest BCUT2D eigenvalue weighted by Crippen LogP contribution is 1.85. The van der Waals surface area contributed by atoms with Crippen LogP contribution in [0.4, 0.5) is 0 Å². The molecule has 90 valence electrons. The van der Waals surface area contributed by atoms with Crippen molar-refractivity contribution < 1.29 is 24.1 Å². The molecule has 0 aromatic rings. The van der Waals surface area contributed by atoms with Gasteiger partial charge in [-0.25, -0.2) is 0 Å². The second-order valence-corrected chi connectivity index (χ2v) is 2.84. The van der Waals surface area contributed by atoms with E-state index in [1.807, 2.05) is 0 Å². The molecule has 0 fully saturated rings. The first-order valence-electron chi connectivity index (χ1n) is 4.80. The first-order chi connectivity index (χ1) is 7.35. The van der Waals surface area contributed by atoms with Gasteiger partial charge < -0.3 is 24.6 Å². The van der Waals surface area contributed by atoms with Crippen molar-refractivity contribution in [1.82, 2.24) is 5.32 Å². The predicted molar refractivity (Wildman–Crippen MR) is 53.6 cm³/mol. The molecule has 0 aliphatic heterocycles. The molecule has 6 heteroatoms. The molecule has 6 nitrogen and oxygen atoms in total. The quantitative estimate of drug-likeness (QED) is 0.337. The minimum absolute atomic E-state index is 0.136. The van der Waals surface area contributed by atoms with Gasteiger partial charge in [0.15, 0.2) is 0 Å². The van der Waals surface area contributed by atoms with Crippen molar-refractivity contribution in [2.24, 2.45) is 0 Å². The number of carbonyl (C=O) groups is 1. The molecule has 0 spiro atoms. The molecule has 1 atom stereocenters. The van der Waals surface area contributed by atoms with Gasteiger partial charge in [-0.2, -0.15) is 0 Å². The molecule has 0 saturated carbocycles. The SMILES string of the molecule is COCCOCCOCC(CO)NC=O. The molecule has 0 heterocycles. The summed E-state index contributed by atoms with van der Waals surface area (Å²) in [7, 11) is 1.61. The number of hydrogen-bond acceptors (Lipinski definition) is 5. The van der Waals surface area contributed by atoms with Gasteiger partial charge in [0.2, 0.25) is 6.41 Å². The van der Waals surface area contributed by atoms with Crippen LogP contribution in [0.15, 0.2) is 0 Å². The van der Waals surface area contributed by atoms with Crippen LogP contribution in [0.2, 0.25) is 0 Å². The summed E-state index contributed by atoms with van der Waals surface area (Å²) < 4.78 is 15.1. The molecular formula is C9H19NO5. The average Bonchev–Trinajstić information content (AvgIpc) is 2.26. The Kier molecular flexibility index (Phi) is 10.9. The molecule has 0 bridgehead atoms. The van der Waals surface area contributed by atoms with Crippen LogP contribution in [-0.2, 0) is 19.0 Å². The lowest BCUT2D eigenvalue weighted by atomic mass is 10.3. The maximum atomic E-state index is 10.1. The zero-order chi connectivity index (χ0) is 11.4. The van der Waals surface area contributed by atoms with Crippen LogP contribution < -0.4 is 5.32 Å². The van der Waals surface area contributed by atoms with Gasteiger partial charge in [-0.05, 0) is 0 Å². The summed E-state index contributed by atoms with van der Waals surface area (Å²) in [5.41, 5.74) is 0. The highest BCUT2D eigenvalue weighted by atomic mass is 16.5. The molecule has 1 unspecified atom stereocenters. The number of aliphatic hydroxyl groups is 1. The molecule has 0 aliphatic carbocycles. The Morgan fingerprint density at radius 2 is 1.93 bits per heavy atom. The molecular weight excluding hydrogens is 202 g/mol. The lowest BCUT2D eigenvalue weighted by Gasteiger charge is -2.13. The second-order valence-electron chi connectivity index (χ2n) is 2.84. The Labute approximate surface area is 89.5 Å². The molecule has 0 aromatic heterocycles. The van der Waals surface area contributed by atoms with Crippen LogP contribution >= 0.6 is 0 Å². The predicted octanol–water partition coefficient (Wildman–Crippen LogP) is -1.23. The number of nitrogens with one attached hydrogen (secondary N) is 1. The van der Waals surface area contributed by atoms with Crippen LogP contribution in [0.1, 0.15) is 0 Å². The summed E-state index contributed by atoms with van der Waals surface area (Å²) >= 11 is 0. The molecule has 1 amide bonds. The van der Waals surface area contributed by atoms with Crippen LogP contribution in [-0.4, -0.2) is 64.3 Å². The van der Waals surface area contributed by atoms with E-state index < -0.39 is 0 Å². The van der Waals surface area contributed by atoms with E-state index in [0.717, 1.165) is 0 Å². The monoisotopic (exact) mass is 221 g/mol. The molecule has 0 aromatic carbocycles. The lowest BCUT2D eigenvalue weighted by molar-refractivity contribution is -0.111. The Hall–Kier alpha value is -0.690. The van der Waals surface area contributed by atoms with Gasteiger partial charge in [-0.3, -0.25) is 4.79 Å². The minimum atomic E-state index is -0.346. The second kappa shape index (κ2) is 11.4. The van der Waals surface area contributed by atoms with Crippen molar-refractivity contribution in [2.45, 2.75) is 6.04 Å². The Morgan fingerprint density at radius 1 is 1.27 bits per heavy atom. The number of hydrogen-bond donors (Lipinski definition) is 2. The van der Waals surface area contributed by atoms with E-state index in [9.17, 15) is 4.79 Å². The third kappa shape index (κ3) is 9.61. The van der Waals surface area contributed by atoms with Crippen molar-refractivity contribution in [3.05, 3.63) is 0 Å². The fourth-order valence-corrected chi connectivity index (χ4v) is 0.838. The van der Waals surface area contributed by atoms with Crippen molar-refractivity contribution in [3.8, 4) is 0 Å². The van der Waals surface area contributed by atoms with Crippen LogP contribution in [0.3, 0.4) is 0 Å². The fourth-order valence-electron chi connectivity index (χ4n) is 0.838. The van der Waals surface area contributed by atoms with Crippen LogP contribution in [0.25, 0.3) is 0 Å². The van der Waals surface area contributed by atoms with Crippen LogP contribution in [0.5, 0.6) is 0 Å².